The number of hydrogen-bond acceptors (Lipinski definition) is 5. The number of rotatable bonds is 4. The summed E-state index contributed by atoms with van der Waals surface area (Å²) >= 11 is 5.94. The highest BCUT2D eigenvalue weighted by Crippen LogP contribution is 2.18. The molecule has 0 bridgehead atoms. The maximum absolute atomic E-state index is 12.0. The Kier molecular flexibility index (Phi) is 5.71. The van der Waals surface area contributed by atoms with E-state index >= 15 is 0 Å². The molecular weight excluding hydrogens is 320 g/mol. The standard InChI is InChI=1S/C16H13ClN2O4/c1-22-16(21)19-18-10-11-6-8-12(9-7-11)23-15(20)13-4-2-3-5-14(13)17/h2-10H,1H3,(H,19,21)/b18-10-. The Morgan fingerprint density at radius 2 is 1.83 bits per heavy atom. The van der Waals surface area contributed by atoms with Crippen molar-refractivity contribution in [3.05, 3.63) is 64.7 Å². The van der Waals surface area contributed by atoms with E-state index in [2.05, 4.69) is 15.3 Å². The maximum atomic E-state index is 12.0. The van der Waals surface area contributed by atoms with Crippen molar-refractivity contribution < 1.29 is 19.1 Å². The minimum Gasteiger partial charge on any atom is -0.452 e. The molecule has 2 aromatic rings. The molecule has 0 aliphatic heterocycles. The topological polar surface area (TPSA) is 77.0 Å². The first-order chi connectivity index (χ1) is 11.1. The Hall–Kier alpha value is -2.86. The van der Waals surface area contributed by atoms with Gasteiger partial charge in [-0.1, -0.05) is 23.7 Å². The normalized spacial score (nSPS) is 10.3. The van der Waals surface area contributed by atoms with Gasteiger partial charge in [0.1, 0.15) is 5.75 Å². The second-order valence-corrected chi connectivity index (χ2v) is 4.71. The quantitative estimate of drug-likeness (QED) is 0.403. The van der Waals surface area contributed by atoms with E-state index in [4.69, 9.17) is 16.3 Å². The van der Waals surface area contributed by atoms with Crippen molar-refractivity contribution in [1.82, 2.24) is 5.43 Å². The molecule has 0 aromatic heterocycles. The number of methoxy groups -OCH3 is 1. The molecule has 0 radical (unpaired) electrons. The number of hydrazone groups is 1. The molecule has 0 saturated heterocycles. The first-order valence-electron chi connectivity index (χ1n) is 6.54. The number of hydrogen-bond donors (Lipinski definition) is 1. The van der Waals surface area contributed by atoms with E-state index in [1.807, 2.05) is 0 Å². The lowest BCUT2D eigenvalue weighted by Crippen LogP contribution is -2.16. The summed E-state index contributed by atoms with van der Waals surface area (Å²) in [6.45, 7) is 0. The third-order valence-corrected chi connectivity index (χ3v) is 3.07. The minimum atomic E-state index is -0.661. The van der Waals surface area contributed by atoms with E-state index in [9.17, 15) is 9.59 Å². The van der Waals surface area contributed by atoms with Gasteiger partial charge in [0, 0.05) is 0 Å². The van der Waals surface area contributed by atoms with E-state index in [-0.39, 0.29) is 0 Å². The Morgan fingerprint density at radius 1 is 1.13 bits per heavy atom. The summed E-state index contributed by atoms with van der Waals surface area (Å²) in [6.07, 6.45) is 0.767. The fourth-order valence-electron chi connectivity index (χ4n) is 1.62. The van der Waals surface area contributed by atoms with Crippen LogP contribution in [0.25, 0.3) is 0 Å². The average Bonchev–Trinajstić information content (AvgIpc) is 2.56. The lowest BCUT2D eigenvalue weighted by molar-refractivity contribution is 0.0735. The smallest absolute Gasteiger partial charge is 0.427 e. The molecule has 0 aliphatic carbocycles. The summed E-state index contributed by atoms with van der Waals surface area (Å²) in [6, 6.07) is 13.2. The van der Waals surface area contributed by atoms with Crippen molar-refractivity contribution in [3.8, 4) is 5.75 Å². The van der Waals surface area contributed by atoms with Gasteiger partial charge in [0.05, 0.1) is 23.9 Å². The lowest BCUT2D eigenvalue weighted by atomic mass is 10.2. The fraction of sp³-hybridized carbons (Fsp3) is 0.0625. The molecule has 0 spiro atoms. The molecule has 118 valence electrons. The third kappa shape index (κ3) is 4.82. The average molecular weight is 333 g/mol. The Labute approximate surface area is 137 Å². The molecule has 2 rings (SSSR count). The van der Waals surface area contributed by atoms with Crippen LogP contribution in [0.2, 0.25) is 5.02 Å². The second-order valence-electron chi connectivity index (χ2n) is 4.30. The number of nitrogens with one attached hydrogen (secondary N) is 1. The van der Waals surface area contributed by atoms with Crippen molar-refractivity contribution >= 4 is 29.9 Å². The molecule has 0 atom stereocenters. The van der Waals surface area contributed by atoms with Crippen LogP contribution in [0.5, 0.6) is 5.75 Å². The van der Waals surface area contributed by atoms with Crippen LogP contribution >= 0.6 is 11.6 Å². The summed E-state index contributed by atoms with van der Waals surface area (Å²) < 4.78 is 9.61. The van der Waals surface area contributed by atoms with Gasteiger partial charge in [0.15, 0.2) is 0 Å². The number of benzene rings is 2. The van der Waals surface area contributed by atoms with E-state index in [0.717, 1.165) is 0 Å². The van der Waals surface area contributed by atoms with Gasteiger partial charge in [-0.25, -0.2) is 15.0 Å². The Morgan fingerprint density at radius 3 is 2.48 bits per heavy atom. The van der Waals surface area contributed by atoms with Crippen molar-refractivity contribution in [1.29, 1.82) is 0 Å². The number of esters is 1. The van der Waals surface area contributed by atoms with Gasteiger partial charge in [-0.3, -0.25) is 0 Å². The summed E-state index contributed by atoms with van der Waals surface area (Å²) in [4.78, 5) is 22.8. The van der Waals surface area contributed by atoms with E-state index < -0.39 is 12.1 Å². The minimum absolute atomic E-state index is 0.294. The van der Waals surface area contributed by atoms with Crippen LogP contribution in [-0.4, -0.2) is 25.4 Å². The summed E-state index contributed by atoms with van der Waals surface area (Å²) in [5.41, 5.74) is 3.16. The van der Waals surface area contributed by atoms with Crippen LogP contribution in [0.3, 0.4) is 0 Å². The van der Waals surface area contributed by atoms with E-state index in [1.54, 1.807) is 48.5 Å². The molecule has 0 heterocycles. The number of carbonyl (C=O) groups excluding carboxylic acids is 2. The molecule has 1 N–H and O–H groups in total. The number of ether oxygens (including phenoxy) is 2. The number of carbonyl (C=O) groups is 2. The van der Waals surface area contributed by atoms with Gasteiger partial charge >= 0.3 is 12.1 Å². The molecule has 0 unspecified atom stereocenters. The highest BCUT2D eigenvalue weighted by atomic mass is 35.5. The number of halogens is 1. The Balaban J connectivity index is 1.99. The van der Waals surface area contributed by atoms with Crippen molar-refractivity contribution in [2.75, 3.05) is 7.11 Å². The molecule has 2 aromatic carbocycles. The Bertz CT molecular complexity index is 729. The predicted octanol–water partition coefficient (Wildman–Crippen LogP) is 3.25. The maximum Gasteiger partial charge on any atom is 0.427 e. The van der Waals surface area contributed by atoms with E-state index in [1.165, 1.54) is 13.3 Å². The molecule has 1 amide bonds. The van der Waals surface area contributed by atoms with Gasteiger partial charge < -0.3 is 9.47 Å². The predicted molar refractivity (Wildman–Crippen MR) is 86.0 cm³/mol. The summed E-state index contributed by atoms with van der Waals surface area (Å²) in [7, 11) is 1.24. The van der Waals surface area contributed by atoms with Gasteiger partial charge in [0.25, 0.3) is 0 Å². The third-order valence-electron chi connectivity index (χ3n) is 2.74. The van der Waals surface area contributed by atoms with Crippen LogP contribution in [0.1, 0.15) is 15.9 Å². The fourth-order valence-corrected chi connectivity index (χ4v) is 1.83. The van der Waals surface area contributed by atoms with Crippen molar-refractivity contribution in [2.24, 2.45) is 5.10 Å². The van der Waals surface area contributed by atoms with E-state index in [0.29, 0.717) is 21.9 Å². The highest BCUT2D eigenvalue weighted by Gasteiger charge is 2.11. The van der Waals surface area contributed by atoms with Gasteiger partial charge in [-0.15, -0.1) is 0 Å². The molecule has 23 heavy (non-hydrogen) atoms. The first-order valence-corrected chi connectivity index (χ1v) is 6.92. The van der Waals surface area contributed by atoms with Crippen LogP contribution in [0, 0.1) is 0 Å². The molecule has 0 aliphatic rings. The van der Waals surface area contributed by atoms with Crippen LogP contribution in [-0.2, 0) is 4.74 Å². The zero-order valence-electron chi connectivity index (χ0n) is 12.2. The first kappa shape index (κ1) is 16.5. The zero-order valence-corrected chi connectivity index (χ0v) is 12.9. The summed E-state index contributed by atoms with van der Waals surface area (Å²) in [5.74, 6) is -0.169. The lowest BCUT2D eigenvalue weighted by Gasteiger charge is -2.05. The largest absolute Gasteiger partial charge is 0.452 e. The van der Waals surface area contributed by atoms with Crippen molar-refractivity contribution in [2.45, 2.75) is 0 Å². The number of amides is 1. The summed E-state index contributed by atoms with van der Waals surface area (Å²) in [5, 5.41) is 4.02. The van der Waals surface area contributed by atoms with Gasteiger partial charge in [-0.2, -0.15) is 5.10 Å². The molecule has 0 saturated carbocycles. The van der Waals surface area contributed by atoms with Gasteiger partial charge in [-0.05, 0) is 42.0 Å². The van der Waals surface area contributed by atoms with Crippen LogP contribution in [0.4, 0.5) is 4.79 Å². The molecule has 0 fully saturated rings. The van der Waals surface area contributed by atoms with Crippen molar-refractivity contribution in [3.63, 3.8) is 0 Å². The van der Waals surface area contributed by atoms with Crippen LogP contribution < -0.4 is 10.2 Å². The van der Waals surface area contributed by atoms with Gasteiger partial charge in [0.2, 0.25) is 0 Å². The molecule has 7 heteroatoms. The highest BCUT2D eigenvalue weighted by molar-refractivity contribution is 6.33. The monoisotopic (exact) mass is 332 g/mol. The van der Waals surface area contributed by atoms with Crippen LogP contribution in [0.15, 0.2) is 53.6 Å². The second kappa shape index (κ2) is 7.95. The number of nitrogens with zero attached hydrogens (tertiary/aromatic N) is 1. The zero-order chi connectivity index (χ0) is 16.7. The SMILES string of the molecule is COC(=O)N/N=C\c1ccc(OC(=O)c2ccccc2Cl)cc1. The molecular formula is C16H13ClN2O4. The molecule has 6 nitrogen and oxygen atoms in total.